The van der Waals surface area contributed by atoms with Crippen molar-refractivity contribution in [1.29, 1.82) is 0 Å². The number of para-hydroxylation sites is 2. The van der Waals surface area contributed by atoms with Crippen LogP contribution < -0.4 is 0 Å². The van der Waals surface area contributed by atoms with Crippen molar-refractivity contribution < 1.29 is 4.79 Å². The maximum Gasteiger partial charge on any atom is 0.216 e. The number of Topliss-reactive ketones (excluding diaryl/α,β-unsaturated/α-hetero) is 1. The van der Waals surface area contributed by atoms with Gasteiger partial charge in [-0.1, -0.05) is 42.3 Å². The van der Waals surface area contributed by atoms with Gasteiger partial charge in [-0.3, -0.25) is 9.20 Å². The SMILES string of the molecule is CC(=O)c1c(-c2ccc(Cl)cc2)nc2n(CCN3CCCCC3)c3ccccc3n12. The Hall–Kier alpha value is -2.63. The van der Waals surface area contributed by atoms with Crippen molar-refractivity contribution in [2.75, 3.05) is 19.6 Å². The van der Waals surface area contributed by atoms with Crippen molar-refractivity contribution in [2.45, 2.75) is 32.7 Å². The molecule has 0 atom stereocenters. The summed E-state index contributed by atoms with van der Waals surface area (Å²) in [4.78, 5) is 20.2. The highest BCUT2D eigenvalue weighted by molar-refractivity contribution is 6.30. The standard InChI is InChI=1S/C24H25ClN4O/c1-17(30)23-22(18-9-11-19(25)12-10-18)26-24-28(16-15-27-13-5-2-6-14-27)20-7-3-4-8-21(20)29(23)24/h3-4,7-12H,2,5-6,13-16H2,1H3. The number of likely N-dealkylation sites (tertiary alicyclic amines) is 1. The summed E-state index contributed by atoms with van der Waals surface area (Å²) in [5, 5.41) is 0.670. The van der Waals surface area contributed by atoms with Gasteiger partial charge in [0.1, 0.15) is 11.4 Å². The molecule has 0 unspecified atom stereocenters. The third-order valence-corrected chi connectivity index (χ3v) is 6.31. The summed E-state index contributed by atoms with van der Waals surface area (Å²) in [6, 6.07) is 15.8. The third kappa shape index (κ3) is 3.32. The zero-order chi connectivity index (χ0) is 20.7. The molecular formula is C24H25ClN4O. The highest BCUT2D eigenvalue weighted by Crippen LogP contribution is 2.31. The molecule has 154 valence electrons. The van der Waals surface area contributed by atoms with E-state index in [4.69, 9.17) is 16.6 Å². The van der Waals surface area contributed by atoms with Crippen molar-refractivity contribution >= 4 is 34.2 Å². The molecule has 0 saturated carbocycles. The average molecular weight is 421 g/mol. The Balaban J connectivity index is 1.67. The van der Waals surface area contributed by atoms with E-state index in [-0.39, 0.29) is 5.78 Å². The number of carbonyl (C=O) groups is 1. The molecule has 1 saturated heterocycles. The van der Waals surface area contributed by atoms with Crippen LogP contribution in [0.2, 0.25) is 5.02 Å². The number of benzene rings is 2. The second kappa shape index (κ2) is 7.89. The van der Waals surface area contributed by atoms with Gasteiger partial charge in [0, 0.05) is 30.6 Å². The number of carbonyl (C=O) groups excluding carboxylic acids is 1. The van der Waals surface area contributed by atoms with Crippen LogP contribution in [-0.4, -0.2) is 44.3 Å². The van der Waals surface area contributed by atoms with Gasteiger partial charge in [0.05, 0.1) is 11.0 Å². The van der Waals surface area contributed by atoms with Crippen molar-refractivity contribution in [2.24, 2.45) is 0 Å². The number of aromatic nitrogens is 3. The second-order valence-electron chi connectivity index (χ2n) is 8.05. The van der Waals surface area contributed by atoms with E-state index in [9.17, 15) is 4.79 Å². The fourth-order valence-electron chi connectivity index (χ4n) is 4.59. The molecule has 2 aromatic heterocycles. The number of rotatable bonds is 5. The van der Waals surface area contributed by atoms with Gasteiger partial charge in [0.25, 0.3) is 0 Å². The summed E-state index contributed by atoms with van der Waals surface area (Å²) in [5.41, 5.74) is 4.37. The first-order valence-electron chi connectivity index (χ1n) is 10.6. The Kier molecular flexibility index (Phi) is 5.09. The normalized spacial score (nSPS) is 15.3. The monoisotopic (exact) mass is 420 g/mol. The van der Waals surface area contributed by atoms with E-state index < -0.39 is 0 Å². The van der Waals surface area contributed by atoms with Crippen LogP contribution in [0.1, 0.15) is 36.7 Å². The molecule has 2 aromatic carbocycles. The largest absolute Gasteiger partial charge is 0.308 e. The molecule has 3 heterocycles. The van der Waals surface area contributed by atoms with E-state index in [0.717, 1.165) is 35.5 Å². The van der Waals surface area contributed by atoms with Gasteiger partial charge >= 0.3 is 0 Å². The molecule has 0 amide bonds. The van der Waals surface area contributed by atoms with Crippen LogP contribution in [-0.2, 0) is 6.54 Å². The lowest BCUT2D eigenvalue weighted by atomic mass is 10.1. The van der Waals surface area contributed by atoms with E-state index in [2.05, 4.69) is 21.6 Å². The molecule has 0 spiro atoms. The lowest BCUT2D eigenvalue weighted by Crippen LogP contribution is -2.32. The Morgan fingerprint density at radius 3 is 2.37 bits per heavy atom. The molecule has 6 heteroatoms. The molecule has 1 aliphatic heterocycles. The summed E-state index contributed by atoms with van der Waals surface area (Å²) in [5.74, 6) is 0.828. The smallest absolute Gasteiger partial charge is 0.216 e. The first-order chi connectivity index (χ1) is 14.6. The Bertz CT molecular complexity index is 1220. The topological polar surface area (TPSA) is 42.5 Å². The van der Waals surface area contributed by atoms with Gasteiger partial charge in [0.15, 0.2) is 5.78 Å². The van der Waals surface area contributed by atoms with Gasteiger partial charge < -0.3 is 9.47 Å². The number of imidazole rings is 2. The van der Waals surface area contributed by atoms with Gasteiger partial charge in [-0.05, 0) is 50.2 Å². The molecular weight excluding hydrogens is 396 g/mol. The number of nitrogens with zero attached hydrogens (tertiary/aromatic N) is 4. The molecule has 5 rings (SSSR count). The molecule has 0 aliphatic carbocycles. The predicted octanol–water partition coefficient (Wildman–Crippen LogP) is 5.30. The predicted molar refractivity (Wildman–Crippen MR) is 121 cm³/mol. The zero-order valence-electron chi connectivity index (χ0n) is 17.1. The van der Waals surface area contributed by atoms with Crippen LogP contribution in [0.3, 0.4) is 0 Å². The fraction of sp³-hybridized carbons (Fsp3) is 0.333. The van der Waals surface area contributed by atoms with E-state index in [1.165, 1.54) is 32.4 Å². The first kappa shape index (κ1) is 19.3. The minimum Gasteiger partial charge on any atom is -0.308 e. The second-order valence-corrected chi connectivity index (χ2v) is 8.49. The summed E-state index contributed by atoms with van der Waals surface area (Å²) in [6.45, 7) is 5.79. The van der Waals surface area contributed by atoms with Crippen molar-refractivity contribution in [1.82, 2.24) is 18.9 Å². The summed E-state index contributed by atoms with van der Waals surface area (Å²) >= 11 is 6.08. The van der Waals surface area contributed by atoms with E-state index in [0.29, 0.717) is 16.4 Å². The van der Waals surface area contributed by atoms with Crippen LogP contribution in [0, 0.1) is 0 Å². The van der Waals surface area contributed by atoms with E-state index >= 15 is 0 Å². The van der Waals surface area contributed by atoms with Crippen LogP contribution in [0.5, 0.6) is 0 Å². The third-order valence-electron chi connectivity index (χ3n) is 6.05. The van der Waals surface area contributed by atoms with Crippen molar-refractivity contribution in [3.05, 3.63) is 59.2 Å². The molecule has 1 fully saturated rings. The summed E-state index contributed by atoms with van der Waals surface area (Å²) in [7, 11) is 0. The maximum absolute atomic E-state index is 12.7. The molecule has 0 radical (unpaired) electrons. The van der Waals surface area contributed by atoms with Crippen LogP contribution in [0.4, 0.5) is 0 Å². The van der Waals surface area contributed by atoms with Crippen molar-refractivity contribution in [3.63, 3.8) is 0 Å². The molecule has 1 aliphatic rings. The minimum atomic E-state index is 0.00591. The lowest BCUT2D eigenvalue weighted by Gasteiger charge is -2.26. The summed E-state index contributed by atoms with van der Waals surface area (Å²) < 4.78 is 4.29. The van der Waals surface area contributed by atoms with E-state index in [1.54, 1.807) is 6.92 Å². The fourth-order valence-corrected chi connectivity index (χ4v) is 4.71. The molecule has 30 heavy (non-hydrogen) atoms. The molecule has 4 aromatic rings. The average Bonchev–Trinajstić information content (AvgIpc) is 3.29. The number of piperidine rings is 1. The minimum absolute atomic E-state index is 0.00591. The number of halogens is 1. The Morgan fingerprint density at radius 1 is 0.967 bits per heavy atom. The van der Waals surface area contributed by atoms with Gasteiger partial charge in [-0.2, -0.15) is 0 Å². The highest BCUT2D eigenvalue weighted by atomic mass is 35.5. The summed E-state index contributed by atoms with van der Waals surface area (Å²) in [6.07, 6.45) is 3.89. The van der Waals surface area contributed by atoms with Gasteiger partial charge in [-0.25, -0.2) is 4.98 Å². The number of fused-ring (bicyclic) bond motifs is 3. The van der Waals surface area contributed by atoms with Crippen LogP contribution in [0.15, 0.2) is 48.5 Å². The maximum atomic E-state index is 12.7. The van der Waals surface area contributed by atoms with Gasteiger partial charge in [0.2, 0.25) is 5.78 Å². The number of hydrogen-bond donors (Lipinski definition) is 0. The Morgan fingerprint density at radius 2 is 1.67 bits per heavy atom. The molecule has 0 bridgehead atoms. The quantitative estimate of drug-likeness (QED) is 0.411. The Labute approximate surface area is 180 Å². The molecule has 5 nitrogen and oxygen atoms in total. The lowest BCUT2D eigenvalue weighted by molar-refractivity contribution is 0.101. The van der Waals surface area contributed by atoms with E-state index in [1.807, 2.05) is 40.8 Å². The van der Waals surface area contributed by atoms with Crippen LogP contribution in [0.25, 0.3) is 28.1 Å². The van der Waals surface area contributed by atoms with Gasteiger partial charge in [-0.15, -0.1) is 0 Å². The highest BCUT2D eigenvalue weighted by Gasteiger charge is 2.24. The van der Waals surface area contributed by atoms with Crippen LogP contribution >= 0.6 is 11.6 Å². The van der Waals surface area contributed by atoms with Crippen molar-refractivity contribution in [3.8, 4) is 11.3 Å². The number of hydrogen-bond acceptors (Lipinski definition) is 3. The first-order valence-corrected chi connectivity index (χ1v) is 11.0. The zero-order valence-corrected chi connectivity index (χ0v) is 17.9. The molecule has 0 N–H and O–H groups in total. The number of ketones is 1.